The second kappa shape index (κ2) is 5.53. The summed E-state index contributed by atoms with van der Waals surface area (Å²) < 4.78 is 1.66. The minimum absolute atomic E-state index is 0.0525. The van der Waals surface area contributed by atoms with Crippen LogP contribution >= 0.6 is 0 Å². The molecular formula is C22H13N5O. The number of rotatable bonds is 1. The molecule has 2 heterocycles. The zero-order chi connectivity index (χ0) is 18.7. The van der Waals surface area contributed by atoms with Crippen LogP contribution in [0.15, 0.2) is 72.8 Å². The molecule has 1 atom stereocenters. The summed E-state index contributed by atoms with van der Waals surface area (Å²) >= 11 is 0. The highest BCUT2D eigenvalue weighted by Gasteiger charge is 2.37. The number of para-hydroxylation sites is 3. The normalized spacial score (nSPS) is 15.6. The van der Waals surface area contributed by atoms with E-state index >= 15 is 0 Å². The van der Waals surface area contributed by atoms with Gasteiger partial charge >= 0.3 is 0 Å². The molecule has 0 saturated carbocycles. The van der Waals surface area contributed by atoms with Gasteiger partial charge in [0.15, 0.2) is 11.8 Å². The molecule has 6 nitrogen and oxygen atoms in total. The molecule has 3 aromatic carbocycles. The Morgan fingerprint density at radius 3 is 2.18 bits per heavy atom. The van der Waals surface area contributed by atoms with Crippen molar-refractivity contribution in [3.05, 3.63) is 84.1 Å². The van der Waals surface area contributed by atoms with Gasteiger partial charge in [0.1, 0.15) is 11.2 Å². The number of Topliss-reactive ketones (excluding diaryl/α,β-unsaturated/α-hetero) is 1. The maximum Gasteiger partial charge on any atom is 0.194 e. The average Bonchev–Trinajstić information content (AvgIpc) is 3.17. The van der Waals surface area contributed by atoms with Crippen LogP contribution in [0.5, 0.6) is 0 Å². The molecule has 0 aliphatic heterocycles. The summed E-state index contributed by atoms with van der Waals surface area (Å²) in [4.78, 5) is 23.2. The molecule has 6 heteroatoms. The number of hydrogen-bond acceptors (Lipinski definition) is 5. The number of nitrogens with zero attached hydrogens (tertiary/aromatic N) is 5. The molecule has 0 fully saturated rings. The maximum absolute atomic E-state index is 13.5. The third-order valence-electron chi connectivity index (χ3n) is 5.17. The molecule has 0 radical (unpaired) electrons. The van der Waals surface area contributed by atoms with Gasteiger partial charge in [0, 0.05) is 11.1 Å². The topological polar surface area (TPSA) is 73.6 Å². The third kappa shape index (κ3) is 2.00. The summed E-state index contributed by atoms with van der Waals surface area (Å²) in [6.45, 7) is 0. The first-order chi connectivity index (χ1) is 13.8. The van der Waals surface area contributed by atoms with Crippen molar-refractivity contribution >= 4 is 27.9 Å². The fourth-order valence-corrected chi connectivity index (χ4v) is 3.88. The average molecular weight is 363 g/mol. The monoisotopic (exact) mass is 363 g/mol. The van der Waals surface area contributed by atoms with E-state index in [1.807, 2.05) is 72.8 Å². The van der Waals surface area contributed by atoms with Crippen LogP contribution in [0.4, 0.5) is 0 Å². The van der Waals surface area contributed by atoms with Crippen LogP contribution < -0.4 is 0 Å². The first-order valence-electron chi connectivity index (χ1n) is 9.01. The van der Waals surface area contributed by atoms with Gasteiger partial charge in [-0.3, -0.25) is 4.79 Å². The molecule has 0 N–H and O–H groups in total. The Kier molecular flexibility index (Phi) is 3.00. The molecule has 0 spiro atoms. The highest BCUT2D eigenvalue weighted by molar-refractivity contribution is 6.10. The van der Waals surface area contributed by atoms with Crippen LogP contribution in [0, 0.1) is 0 Å². The standard InChI is InChI=1S/C22H13N5O/c28-22-14-8-2-1-7-13(14)19-20(24-16-10-4-3-9-15(16)23-19)21(22)27-18-12-6-5-11-17(18)25-26-27/h1-12,21H. The lowest BCUT2D eigenvalue weighted by Gasteiger charge is -2.25. The van der Waals surface area contributed by atoms with Gasteiger partial charge in [-0.1, -0.05) is 53.7 Å². The zero-order valence-corrected chi connectivity index (χ0v) is 14.6. The molecular weight excluding hydrogens is 350 g/mol. The van der Waals surface area contributed by atoms with Crippen LogP contribution in [-0.2, 0) is 0 Å². The van der Waals surface area contributed by atoms with E-state index in [4.69, 9.17) is 9.97 Å². The summed E-state index contributed by atoms with van der Waals surface area (Å²) in [7, 11) is 0. The van der Waals surface area contributed by atoms with Crippen LogP contribution in [0.2, 0.25) is 0 Å². The lowest BCUT2D eigenvalue weighted by Crippen LogP contribution is -2.28. The van der Waals surface area contributed by atoms with Crippen molar-refractivity contribution in [3.63, 3.8) is 0 Å². The summed E-state index contributed by atoms with van der Waals surface area (Å²) in [6.07, 6.45) is 0. The first kappa shape index (κ1) is 15.2. The van der Waals surface area contributed by atoms with E-state index in [1.165, 1.54) is 0 Å². The Morgan fingerprint density at radius 1 is 0.714 bits per heavy atom. The smallest absolute Gasteiger partial charge is 0.194 e. The van der Waals surface area contributed by atoms with Crippen LogP contribution in [0.3, 0.4) is 0 Å². The summed E-state index contributed by atoms with van der Waals surface area (Å²) in [5.74, 6) is -0.0525. The molecule has 0 amide bonds. The van der Waals surface area contributed by atoms with Crippen molar-refractivity contribution in [2.75, 3.05) is 0 Å². The minimum atomic E-state index is -0.700. The molecule has 1 unspecified atom stereocenters. The van der Waals surface area contributed by atoms with Gasteiger partial charge in [0.05, 0.1) is 22.2 Å². The Bertz CT molecular complexity index is 1400. The van der Waals surface area contributed by atoms with Gasteiger partial charge < -0.3 is 0 Å². The first-order valence-corrected chi connectivity index (χ1v) is 9.01. The van der Waals surface area contributed by atoms with Crippen molar-refractivity contribution in [1.29, 1.82) is 0 Å². The SMILES string of the molecule is O=C1c2ccccc2-c2nc3ccccc3nc2C1n1nnc2ccccc21. The summed E-state index contributed by atoms with van der Waals surface area (Å²) in [6, 6.07) is 22.1. The maximum atomic E-state index is 13.5. The summed E-state index contributed by atoms with van der Waals surface area (Å²) in [5.41, 5.74) is 5.85. The minimum Gasteiger partial charge on any atom is -0.291 e. The van der Waals surface area contributed by atoms with Gasteiger partial charge in [-0.25, -0.2) is 14.6 Å². The second-order valence-corrected chi connectivity index (χ2v) is 6.78. The zero-order valence-electron chi connectivity index (χ0n) is 14.6. The predicted molar refractivity (Wildman–Crippen MR) is 105 cm³/mol. The van der Waals surface area contributed by atoms with Crippen LogP contribution in [-0.4, -0.2) is 30.7 Å². The number of ketones is 1. The number of carbonyl (C=O) groups is 1. The van der Waals surface area contributed by atoms with E-state index < -0.39 is 6.04 Å². The molecule has 28 heavy (non-hydrogen) atoms. The van der Waals surface area contributed by atoms with Gasteiger partial charge in [0.2, 0.25) is 0 Å². The Morgan fingerprint density at radius 2 is 1.36 bits per heavy atom. The largest absolute Gasteiger partial charge is 0.291 e. The Labute approximate surface area is 159 Å². The lowest BCUT2D eigenvalue weighted by molar-refractivity contribution is 0.0937. The molecule has 2 aromatic heterocycles. The van der Waals surface area contributed by atoms with E-state index in [9.17, 15) is 4.79 Å². The van der Waals surface area contributed by atoms with E-state index in [1.54, 1.807) is 4.68 Å². The highest BCUT2D eigenvalue weighted by atomic mass is 16.1. The predicted octanol–water partition coefficient (Wildman–Crippen LogP) is 3.83. The molecule has 1 aliphatic rings. The Hall–Kier alpha value is -3.93. The van der Waals surface area contributed by atoms with Gasteiger partial charge in [-0.05, 0) is 24.3 Å². The van der Waals surface area contributed by atoms with Gasteiger partial charge in [0.25, 0.3) is 0 Å². The molecule has 0 saturated heterocycles. The quantitative estimate of drug-likeness (QED) is 0.453. The lowest BCUT2D eigenvalue weighted by atomic mass is 9.87. The molecule has 132 valence electrons. The third-order valence-corrected chi connectivity index (χ3v) is 5.17. The summed E-state index contributed by atoms with van der Waals surface area (Å²) in [5, 5.41) is 8.53. The van der Waals surface area contributed by atoms with Crippen molar-refractivity contribution in [3.8, 4) is 11.3 Å². The number of hydrogen-bond donors (Lipinski definition) is 0. The van der Waals surface area contributed by atoms with E-state index in [2.05, 4.69) is 10.3 Å². The van der Waals surface area contributed by atoms with Gasteiger partial charge in [-0.2, -0.15) is 0 Å². The fraction of sp³-hybridized carbons (Fsp3) is 0.0455. The van der Waals surface area contributed by atoms with Crippen molar-refractivity contribution < 1.29 is 4.79 Å². The number of carbonyl (C=O) groups excluding carboxylic acids is 1. The van der Waals surface area contributed by atoms with E-state index in [0.717, 1.165) is 33.3 Å². The van der Waals surface area contributed by atoms with Crippen molar-refractivity contribution in [2.45, 2.75) is 6.04 Å². The highest BCUT2D eigenvalue weighted by Crippen LogP contribution is 2.39. The van der Waals surface area contributed by atoms with Crippen molar-refractivity contribution in [1.82, 2.24) is 25.0 Å². The second-order valence-electron chi connectivity index (χ2n) is 6.78. The van der Waals surface area contributed by atoms with Gasteiger partial charge in [-0.15, -0.1) is 5.10 Å². The van der Waals surface area contributed by atoms with Crippen molar-refractivity contribution in [2.24, 2.45) is 0 Å². The molecule has 6 rings (SSSR count). The molecule has 1 aliphatic carbocycles. The van der Waals surface area contributed by atoms with E-state index in [0.29, 0.717) is 11.3 Å². The molecule has 5 aromatic rings. The van der Waals surface area contributed by atoms with E-state index in [-0.39, 0.29) is 5.78 Å². The van der Waals surface area contributed by atoms with Crippen LogP contribution in [0.1, 0.15) is 22.1 Å². The Balaban J connectivity index is 1.71. The number of aromatic nitrogens is 5. The molecule has 0 bridgehead atoms. The fourth-order valence-electron chi connectivity index (χ4n) is 3.88. The number of fused-ring (bicyclic) bond motifs is 5. The van der Waals surface area contributed by atoms with Crippen LogP contribution in [0.25, 0.3) is 33.3 Å². The number of benzene rings is 3.